The standard InChI is InChI=1S/C19H20N2O7.C18H19N3O7/c1-9(2)14-15(20-17(14)23)10(3)16(22)11(4)18(24)28-19(25)12-5-7-13(8-6-12)21(26)27;1-8(14-13(10(3)19)16(23)20-14)15(22)9(2)17(24)28-18(25)11-4-6-12(7-5-11)21(26)27/h5-10,14-15H,4H2,1-3H3,(H,20,23);4-8,10,13-14H,2,19H2,1,3H3,(H,20,23)/t10?,14-,15-;8?,10?,13-,14-/m11/s1. The third-order valence-electron chi connectivity index (χ3n) is 9.27. The van der Waals surface area contributed by atoms with Gasteiger partial charge in [0.25, 0.3) is 11.4 Å². The van der Waals surface area contributed by atoms with Crippen molar-refractivity contribution < 1.29 is 57.7 Å². The number of nitro groups is 2. The number of nitro benzene ring substituents is 2. The maximum absolute atomic E-state index is 12.5. The maximum atomic E-state index is 12.5. The molecule has 19 heteroatoms. The van der Waals surface area contributed by atoms with E-state index in [1.54, 1.807) is 13.8 Å². The highest BCUT2D eigenvalue weighted by Crippen LogP contribution is 2.31. The van der Waals surface area contributed by atoms with E-state index in [-0.39, 0.29) is 46.2 Å². The monoisotopic (exact) mass is 777 g/mol. The van der Waals surface area contributed by atoms with Crippen molar-refractivity contribution in [1.82, 2.24) is 10.6 Å². The first-order valence-corrected chi connectivity index (χ1v) is 16.9. The Hall–Kier alpha value is -6.76. The molecule has 19 nitrogen and oxygen atoms in total. The summed E-state index contributed by atoms with van der Waals surface area (Å²) >= 11 is 0. The molecule has 0 saturated carbocycles. The Morgan fingerprint density at radius 1 is 0.643 bits per heavy atom. The van der Waals surface area contributed by atoms with Crippen molar-refractivity contribution in [3.63, 3.8) is 0 Å². The Balaban J connectivity index is 0.000000300. The zero-order valence-electron chi connectivity index (χ0n) is 30.8. The molecule has 4 N–H and O–H groups in total. The lowest BCUT2D eigenvalue weighted by Gasteiger charge is -2.42. The summed E-state index contributed by atoms with van der Waals surface area (Å²) < 4.78 is 9.26. The average molecular weight is 778 g/mol. The Kier molecular flexibility index (Phi) is 14.1. The molecule has 2 fully saturated rings. The number of amides is 2. The second-order valence-corrected chi connectivity index (χ2v) is 13.4. The number of non-ortho nitro benzene ring substituents is 2. The molecule has 4 rings (SSSR count). The first-order valence-electron chi connectivity index (χ1n) is 16.9. The number of nitrogens with one attached hydrogen (secondary N) is 2. The van der Waals surface area contributed by atoms with E-state index in [9.17, 15) is 58.6 Å². The number of hydrogen-bond acceptors (Lipinski definition) is 15. The summed E-state index contributed by atoms with van der Waals surface area (Å²) in [6.45, 7) is 15.2. The lowest BCUT2D eigenvalue weighted by Crippen LogP contribution is -2.66. The van der Waals surface area contributed by atoms with Crippen molar-refractivity contribution >= 4 is 58.6 Å². The fraction of sp³-hybridized carbons (Fsp3) is 0.351. The maximum Gasteiger partial charge on any atom is 0.349 e. The predicted octanol–water partition coefficient (Wildman–Crippen LogP) is 2.31. The van der Waals surface area contributed by atoms with Crippen molar-refractivity contribution in [3.05, 3.63) is 104 Å². The molecule has 0 aromatic heterocycles. The molecule has 56 heavy (non-hydrogen) atoms. The van der Waals surface area contributed by atoms with E-state index >= 15 is 0 Å². The third-order valence-corrected chi connectivity index (χ3v) is 9.27. The van der Waals surface area contributed by atoms with Crippen LogP contribution in [0.3, 0.4) is 0 Å². The third kappa shape index (κ3) is 9.85. The smallest absolute Gasteiger partial charge is 0.349 e. The summed E-state index contributed by atoms with van der Waals surface area (Å²) in [4.78, 5) is 116. The lowest BCUT2D eigenvalue weighted by atomic mass is 9.73. The fourth-order valence-electron chi connectivity index (χ4n) is 5.91. The number of nitrogens with two attached hydrogens (primary N) is 1. The molecule has 7 atom stereocenters. The Bertz CT molecular complexity index is 1860. The molecule has 2 aromatic rings. The van der Waals surface area contributed by atoms with Gasteiger partial charge in [-0.2, -0.15) is 0 Å². The summed E-state index contributed by atoms with van der Waals surface area (Å²) in [6.07, 6.45) is 0. The molecule has 2 heterocycles. The first kappa shape index (κ1) is 43.6. The Morgan fingerprint density at radius 3 is 1.23 bits per heavy atom. The predicted molar refractivity (Wildman–Crippen MR) is 193 cm³/mol. The van der Waals surface area contributed by atoms with Gasteiger partial charge in [0.2, 0.25) is 11.8 Å². The average Bonchev–Trinajstić information content (AvgIpc) is 3.13. The number of carbonyl (C=O) groups is 8. The van der Waals surface area contributed by atoms with Gasteiger partial charge in [-0.1, -0.05) is 40.9 Å². The van der Waals surface area contributed by atoms with Gasteiger partial charge < -0.3 is 25.8 Å². The number of esters is 4. The Morgan fingerprint density at radius 2 is 0.964 bits per heavy atom. The topological polar surface area (TPSA) is 291 Å². The number of ether oxygens (including phenoxy) is 2. The van der Waals surface area contributed by atoms with Crippen molar-refractivity contribution in [2.75, 3.05) is 0 Å². The lowest BCUT2D eigenvalue weighted by molar-refractivity contribution is -0.385. The highest BCUT2D eigenvalue weighted by Gasteiger charge is 2.48. The molecule has 0 bridgehead atoms. The van der Waals surface area contributed by atoms with E-state index in [1.807, 2.05) is 13.8 Å². The molecule has 2 aromatic carbocycles. The largest absolute Gasteiger partial charge is 0.386 e. The van der Waals surface area contributed by atoms with Gasteiger partial charge in [0, 0.05) is 42.1 Å². The summed E-state index contributed by atoms with van der Waals surface area (Å²) in [5.41, 5.74) is 4.04. The van der Waals surface area contributed by atoms with Crippen molar-refractivity contribution in [2.45, 2.75) is 52.7 Å². The Labute approximate surface area is 318 Å². The zero-order chi connectivity index (χ0) is 42.3. The van der Waals surface area contributed by atoms with E-state index in [2.05, 4.69) is 33.3 Å². The number of ketones is 2. The van der Waals surface area contributed by atoms with Crippen molar-refractivity contribution in [3.8, 4) is 0 Å². The number of rotatable bonds is 14. The van der Waals surface area contributed by atoms with Crippen molar-refractivity contribution in [1.29, 1.82) is 0 Å². The number of β-lactam (4-membered cyclic amide) rings is 2. The van der Waals surface area contributed by atoms with E-state index < -0.39 is 92.3 Å². The molecule has 296 valence electrons. The van der Waals surface area contributed by atoms with Crippen molar-refractivity contribution in [2.24, 2.45) is 35.3 Å². The molecule has 2 aliphatic rings. The minimum Gasteiger partial charge on any atom is -0.386 e. The molecule has 2 saturated heterocycles. The number of nitrogens with zero attached hydrogens (tertiary/aromatic N) is 2. The van der Waals surface area contributed by atoms with Crippen LogP contribution in [0.25, 0.3) is 0 Å². The summed E-state index contributed by atoms with van der Waals surface area (Å²) in [5.74, 6) is -8.69. The van der Waals surface area contributed by atoms with Gasteiger partial charge in [-0.05, 0) is 37.1 Å². The van der Waals surface area contributed by atoms with E-state index in [0.717, 1.165) is 48.5 Å². The molecular weight excluding hydrogens is 738 g/mol. The van der Waals surface area contributed by atoms with Crippen LogP contribution in [0.2, 0.25) is 0 Å². The van der Waals surface area contributed by atoms with Crippen LogP contribution in [0.15, 0.2) is 72.8 Å². The molecular formula is C37H39N5O14. The van der Waals surface area contributed by atoms with Crippen LogP contribution in [0.5, 0.6) is 0 Å². The highest BCUT2D eigenvalue weighted by molar-refractivity contribution is 6.21. The van der Waals surface area contributed by atoms with Gasteiger partial charge in [-0.3, -0.25) is 39.4 Å². The van der Waals surface area contributed by atoms with E-state index in [0.29, 0.717) is 0 Å². The minimum absolute atomic E-state index is 0.0259. The van der Waals surface area contributed by atoms with Gasteiger partial charge in [0.1, 0.15) is 0 Å². The van der Waals surface area contributed by atoms with Crippen LogP contribution < -0.4 is 16.4 Å². The first-order chi connectivity index (χ1) is 26.1. The second-order valence-electron chi connectivity index (χ2n) is 13.4. The normalized spacial score (nSPS) is 19.7. The van der Waals surface area contributed by atoms with E-state index in [1.165, 1.54) is 6.92 Å². The number of hydrogen-bond donors (Lipinski definition) is 3. The van der Waals surface area contributed by atoms with Gasteiger partial charge >= 0.3 is 23.9 Å². The molecule has 0 radical (unpaired) electrons. The van der Waals surface area contributed by atoms with Gasteiger partial charge in [0.05, 0.1) is 56.0 Å². The summed E-state index contributed by atoms with van der Waals surface area (Å²) in [6, 6.07) is 7.42. The van der Waals surface area contributed by atoms with Crippen LogP contribution in [-0.4, -0.2) is 75.2 Å². The van der Waals surface area contributed by atoms with Gasteiger partial charge in [0.15, 0.2) is 11.6 Å². The van der Waals surface area contributed by atoms with Gasteiger partial charge in [-0.15, -0.1) is 0 Å². The van der Waals surface area contributed by atoms with Crippen LogP contribution in [0.4, 0.5) is 11.4 Å². The SMILES string of the molecule is C=C(C(=O)OC(=O)c1ccc([N+](=O)[O-])cc1)C(=O)C(C)[C@H]1NC(=O)[C@@H]1C(C)C.C=C(C(=O)OC(=O)c1ccc([N+](=O)[O-])cc1)C(=O)C(C)[C@H]1NC(=O)[C@@H]1C(C)N. The molecule has 2 aliphatic heterocycles. The summed E-state index contributed by atoms with van der Waals surface area (Å²) in [5, 5.41) is 26.5. The van der Waals surface area contributed by atoms with Gasteiger partial charge in [-0.25, -0.2) is 19.2 Å². The number of benzene rings is 2. The molecule has 0 aliphatic carbocycles. The highest BCUT2D eigenvalue weighted by atomic mass is 16.6. The van der Waals surface area contributed by atoms with Crippen LogP contribution in [-0.2, 0) is 38.2 Å². The van der Waals surface area contributed by atoms with Crippen LogP contribution in [0, 0.1) is 49.8 Å². The minimum atomic E-state index is -1.23. The van der Waals surface area contributed by atoms with E-state index in [4.69, 9.17) is 5.73 Å². The fourth-order valence-corrected chi connectivity index (χ4v) is 5.91. The number of carbonyl (C=O) groups excluding carboxylic acids is 8. The number of Topliss-reactive ketones (excluding diaryl/α,β-unsaturated/α-hetero) is 2. The molecule has 0 spiro atoms. The quantitative estimate of drug-likeness (QED) is 0.0472. The molecule has 2 amide bonds. The van der Waals surface area contributed by atoms with Crippen LogP contribution >= 0.6 is 0 Å². The summed E-state index contributed by atoms with van der Waals surface area (Å²) in [7, 11) is 0. The molecule has 3 unspecified atom stereocenters. The zero-order valence-corrected chi connectivity index (χ0v) is 30.8. The van der Waals surface area contributed by atoms with Crippen LogP contribution in [0.1, 0.15) is 55.3 Å². The second kappa shape index (κ2) is 18.0.